The van der Waals surface area contributed by atoms with E-state index in [2.05, 4.69) is 22.1 Å². The van der Waals surface area contributed by atoms with E-state index < -0.39 is 0 Å². The summed E-state index contributed by atoms with van der Waals surface area (Å²) in [5.74, 6) is 0.773. The number of aliphatic imine (C=N–C) groups is 1. The highest BCUT2D eigenvalue weighted by Crippen LogP contribution is 2.27. The smallest absolute Gasteiger partial charge is 0.253 e. The first kappa shape index (κ1) is 20.8. The van der Waals surface area contributed by atoms with Gasteiger partial charge in [-0.2, -0.15) is 4.99 Å². The Morgan fingerprint density at radius 1 is 1.03 bits per heavy atom. The van der Waals surface area contributed by atoms with E-state index in [9.17, 15) is 4.79 Å². The number of piperazine rings is 1. The van der Waals surface area contributed by atoms with Gasteiger partial charge in [0, 0.05) is 49.3 Å². The molecule has 3 aromatic rings. The lowest BCUT2D eigenvalue weighted by Crippen LogP contribution is -2.49. The van der Waals surface area contributed by atoms with Gasteiger partial charge >= 0.3 is 0 Å². The summed E-state index contributed by atoms with van der Waals surface area (Å²) in [6.45, 7) is 5.61. The molecule has 7 nitrogen and oxygen atoms in total. The zero-order valence-electron chi connectivity index (χ0n) is 17.9. The van der Waals surface area contributed by atoms with Crippen molar-refractivity contribution in [3.05, 3.63) is 83.0 Å². The Balaban J connectivity index is 1.49. The van der Waals surface area contributed by atoms with Crippen molar-refractivity contribution in [3.63, 3.8) is 0 Å². The third-order valence-electron chi connectivity index (χ3n) is 5.70. The number of ketones is 1. The summed E-state index contributed by atoms with van der Waals surface area (Å²) in [5.41, 5.74) is 9.21. The number of benzene rings is 2. The first-order chi connectivity index (χ1) is 15.0. The van der Waals surface area contributed by atoms with Crippen molar-refractivity contribution in [1.29, 1.82) is 0 Å². The minimum atomic E-state index is -0.0546. The molecule has 0 radical (unpaired) electrons. The lowest BCUT2D eigenvalue weighted by atomic mass is 9.94. The second kappa shape index (κ2) is 9.14. The van der Waals surface area contributed by atoms with Crippen molar-refractivity contribution in [3.8, 4) is 0 Å². The molecule has 0 spiro atoms. The summed E-state index contributed by atoms with van der Waals surface area (Å²) in [7, 11) is 2.09. The van der Waals surface area contributed by atoms with Gasteiger partial charge in [-0.15, -0.1) is 0 Å². The molecule has 1 aromatic heterocycles. The van der Waals surface area contributed by atoms with Gasteiger partial charge in [0.25, 0.3) is 5.88 Å². The van der Waals surface area contributed by atoms with Gasteiger partial charge in [-0.3, -0.25) is 4.79 Å². The predicted octanol–water partition coefficient (Wildman–Crippen LogP) is 3.25. The number of hydrogen-bond donors (Lipinski definition) is 1. The highest BCUT2D eigenvalue weighted by atomic mass is 16.5. The minimum absolute atomic E-state index is 0.0000387. The van der Waals surface area contributed by atoms with E-state index in [1.807, 2.05) is 66.4 Å². The molecule has 1 fully saturated rings. The SMILES string of the molecule is CC(c1cccc(C(=O)c2ccccc2)c1)c1cc(/N=C(\N)N2CCN(C)CC2)on1. The topological polar surface area (TPSA) is 88.0 Å². The summed E-state index contributed by atoms with van der Waals surface area (Å²) >= 11 is 0. The second-order valence-corrected chi connectivity index (χ2v) is 7.89. The molecule has 1 unspecified atom stereocenters. The van der Waals surface area contributed by atoms with Crippen LogP contribution in [0.25, 0.3) is 0 Å². The molecular weight excluding hydrogens is 390 g/mol. The molecule has 7 heteroatoms. The van der Waals surface area contributed by atoms with Crippen molar-refractivity contribution < 1.29 is 9.32 Å². The van der Waals surface area contributed by atoms with Crippen LogP contribution in [0.5, 0.6) is 0 Å². The number of nitrogens with two attached hydrogens (primary N) is 1. The van der Waals surface area contributed by atoms with Crippen LogP contribution in [-0.2, 0) is 0 Å². The van der Waals surface area contributed by atoms with E-state index >= 15 is 0 Å². The first-order valence-corrected chi connectivity index (χ1v) is 10.5. The summed E-state index contributed by atoms with van der Waals surface area (Å²) in [6.07, 6.45) is 0. The Morgan fingerprint density at radius 3 is 2.48 bits per heavy atom. The van der Waals surface area contributed by atoms with Crippen LogP contribution in [0, 0.1) is 0 Å². The Labute approximate surface area is 182 Å². The van der Waals surface area contributed by atoms with Crippen molar-refractivity contribution in [2.45, 2.75) is 12.8 Å². The molecule has 1 aliphatic heterocycles. The summed E-state index contributed by atoms with van der Waals surface area (Å²) in [5, 5.41) is 4.19. The van der Waals surface area contributed by atoms with E-state index in [1.165, 1.54) is 0 Å². The highest BCUT2D eigenvalue weighted by molar-refractivity contribution is 6.09. The Kier molecular flexibility index (Phi) is 6.13. The average molecular weight is 418 g/mol. The van der Waals surface area contributed by atoms with Crippen molar-refractivity contribution >= 4 is 17.6 Å². The van der Waals surface area contributed by atoms with Gasteiger partial charge in [0.05, 0.1) is 5.69 Å². The first-order valence-electron chi connectivity index (χ1n) is 10.5. The van der Waals surface area contributed by atoms with Crippen molar-refractivity contribution in [2.24, 2.45) is 10.7 Å². The molecule has 31 heavy (non-hydrogen) atoms. The standard InChI is InChI=1S/C24H27N5O2/c1-17(19-9-6-10-20(15-19)23(30)18-7-4-3-5-8-18)21-16-22(31-27-21)26-24(25)29-13-11-28(2)12-14-29/h3-10,15-17H,11-14H2,1-2H3,(H2,25,26). The molecule has 0 bridgehead atoms. The monoisotopic (exact) mass is 417 g/mol. The van der Waals surface area contributed by atoms with Gasteiger partial charge in [-0.1, -0.05) is 60.6 Å². The molecule has 0 saturated carbocycles. The molecule has 1 atom stereocenters. The summed E-state index contributed by atoms with van der Waals surface area (Å²) in [4.78, 5) is 21.5. The Hall–Kier alpha value is -3.45. The fourth-order valence-electron chi connectivity index (χ4n) is 3.63. The van der Waals surface area contributed by atoms with E-state index in [0.717, 1.165) is 37.4 Å². The maximum Gasteiger partial charge on any atom is 0.253 e. The third kappa shape index (κ3) is 4.83. The fourth-order valence-corrected chi connectivity index (χ4v) is 3.63. The number of carbonyl (C=O) groups is 1. The quantitative estimate of drug-likeness (QED) is 0.390. The number of aromatic nitrogens is 1. The molecule has 2 heterocycles. The third-order valence-corrected chi connectivity index (χ3v) is 5.70. The lowest BCUT2D eigenvalue weighted by molar-refractivity contribution is 0.103. The van der Waals surface area contributed by atoms with Crippen molar-refractivity contribution in [2.75, 3.05) is 33.2 Å². The van der Waals surface area contributed by atoms with E-state index in [0.29, 0.717) is 23.0 Å². The fraction of sp³-hybridized carbons (Fsp3) is 0.292. The van der Waals surface area contributed by atoms with Crippen LogP contribution in [0.1, 0.15) is 40.0 Å². The van der Waals surface area contributed by atoms with Gasteiger partial charge in [0.2, 0.25) is 0 Å². The van der Waals surface area contributed by atoms with Gasteiger partial charge in [-0.25, -0.2) is 0 Å². The molecule has 2 N–H and O–H groups in total. The van der Waals surface area contributed by atoms with E-state index in [1.54, 1.807) is 6.07 Å². The average Bonchev–Trinajstić information content (AvgIpc) is 3.27. The number of guanidine groups is 1. The number of nitrogens with zero attached hydrogens (tertiary/aromatic N) is 4. The Bertz CT molecular complexity index is 1070. The number of hydrogen-bond acceptors (Lipinski definition) is 5. The largest absolute Gasteiger partial charge is 0.369 e. The van der Waals surface area contributed by atoms with E-state index in [-0.39, 0.29) is 11.7 Å². The van der Waals surface area contributed by atoms with Crippen molar-refractivity contribution in [1.82, 2.24) is 15.0 Å². The van der Waals surface area contributed by atoms with Crippen LogP contribution in [-0.4, -0.2) is 59.9 Å². The van der Waals surface area contributed by atoms with Gasteiger partial charge in [-0.05, 0) is 18.7 Å². The summed E-state index contributed by atoms with van der Waals surface area (Å²) < 4.78 is 5.42. The van der Waals surface area contributed by atoms with Crippen LogP contribution in [0.3, 0.4) is 0 Å². The maximum atomic E-state index is 12.8. The molecule has 4 rings (SSSR count). The molecule has 0 aliphatic carbocycles. The van der Waals surface area contributed by atoms with Crippen LogP contribution < -0.4 is 5.73 Å². The molecule has 1 aliphatic rings. The molecule has 2 aromatic carbocycles. The van der Waals surface area contributed by atoms with Gasteiger partial charge < -0.3 is 20.1 Å². The van der Waals surface area contributed by atoms with Gasteiger partial charge in [0.15, 0.2) is 11.7 Å². The highest BCUT2D eigenvalue weighted by Gasteiger charge is 2.19. The number of carbonyl (C=O) groups excluding carboxylic acids is 1. The van der Waals surface area contributed by atoms with Crippen LogP contribution >= 0.6 is 0 Å². The van der Waals surface area contributed by atoms with Crippen LogP contribution in [0.4, 0.5) is 5.88 Å². The van der Waals surface area contributed by atoms with Gasteiger partial charge in [0.1, 0.15) is 0 Å². The van der Waals surface area contributed by atoms with Crippen LogP contribution in [0.15, 0.2) is 70.2 Å². The molecule has 1 saturated heterocycles. The minimum Gasteiger partial charge on any atom is -0.369 e. The number of likely N-dealkylation sites (N-methyl/N-ethyl adjacent to an activating group) is 1. The zero-order chi connectivity index (χ0) is 21.8. The molecule has 0 amide bonds. The number of rotatable bonds is 5. The molecule has 160 valence electrons. The van der Waals surface area contributed by atoms with E-state index in [4.69, 9.17) is 10.3 Å². The zero-order valence-corrected chi connectivity index (χ0v) is 17.9. The Morgan fingerprint density at radius 2 is 1.74 bits per heavy atom. The van der Waals surface area contributed by atoms with Crippen LogP contribution in [0.2, 0.25) is 0 Å². The second-order valence-electron chi connectivity index (χ2n) is 7.89. The molecular formula is C24H27N5O2. The normalized spacial score (nSPS) is 16.3. The lowest BCUT2D eigenvalue weighted by Gasteiger charge is -2.32. The summed E-state index contributed by atoms with van der Waals surface area (Å²) in [6, 6.07) is 18.7. The maximum absolute atomic E-state index is 12.8. The predicted molar refractivity (Wildman–Crippen MR) is 121 cm³/mol.